The molecule has 5 nitrogen and oxygen atoms in total. The normalized spacial score (nSPS) is 14.5. The van der Waals surface area contributed by atoms with E-state index < -0.39 is 18.7 Å². The first kappa shape index (κ1) is 22.6. The minimum absolute atomic E-state index is 0.0986. The first-order chi connectivity index (χ1) is 10.9. The summed E-state index contributed by atoms with van der Waals surface area (Å²) in [6, 6.07) is 0. The van der Waals surface area contributed by atoms with Crippen LogP contribution in [0.15, 0.2) is 0 Å². The third-order valence-corrected chi connectivity index (χ3v) is 6.25. The highest BCUT2D eigenvalue weighted by molar-refractivity contribution is 7.54. The van der Waals surface area contributed by atoms with E-state index in [4.69, 9.17) is 4.74 Å². The van der Waals surface area contributed by atoms with Crippen molar-refractivity contribution in [2.24, 2.45) is 0 Å². The molecule has 0 aromatic rings. The third-order valence-electron chi connectivity index (χ3n) is 4.42. The zero-order chi connectivity index (χ0) is 17.8. The molecule has 0 aliphatic rings. The predicted molar refractivity (Wildman–Crippen MR) is 93.5 cm³/mol. The highest BCUT2D eigenvalue weighted by Crippen LogP contribution is 2.55. The van der Waals surface area contributed by atoms with Crippen LogP contribution >= 0.6 is 7.60 Å². The van der Waals surface area contributed by atoms with Crippen LogP contribution in [0.5, 0.6) is 0 Å². The minimum atomic E-state index is -4.53. The molecule has 0 amide bonds. The number of ether oxygens (including phenoxy) is 1. The van der Waals surface area contributed by atoms with E-state index in [2.05, 4.69) is 6.92 Å². The molecule has 0 aliphatic heterocycles. The lowest BCUT2D eigenvalue weighted by molar-refractivity contribution is -0.148. The molecule has 2 N–H and O–H groups in total. The Morgan fingerprint density at radius 3 is 1.87 bits per heavy atom. The number of rotatable bonds is 14. The summed E-state index contributed by atoms with van der Waals surface area (Å²) in [7, 11) is -4.53. The van der Waals surface area contributed by atoms with Gasteiger partial charge in [-0.1, -0.05) is 72.1 Å². The average molecular weight is 350 g/mol. The van der Waals surface area contributed by atoms with E-state index in [0.29, 0.717) is 6.42 Å². The molecular weight excluding hydrogens is 315 g/mol. The van der Waals surface area contributed by atoms with Gasteiger partial charge in [0.25, 0.3) is 0 Å². The summed E-state index contributed by atoms with van der Waals surface area (Å²) in [6.07, 6.45) is 9.92. The molecule has 0 spiro atoms. The number of hydrogen-bond acceptors (Lipinski definition) is 3. The molecule has 0 fully saturated rings. The fraction of sp³-hybridized carbons (Fsp3) is 0.941. The van der Waals surface area contributed by atoms with Crippen LogP contribution in [0.4, 0.5) is 0 Å². The maximum atomic E-state index is 12.2. The van der Waals surface area contributed by atoms with Crippen LogP contribution in [0.1, 0.15) is 91.4 Å². The number of carbonyl (C=O) groups is 1. The van der Waals surface area contributed by atoms with E-state index in [1.165, 1.54) is 32.1 Å². The Hall–Kier alpha value is -0.380. The lowest BCUT2D eigenvalue weighted by Crippen LogP contribution is -2.39. The largest absolute Gasteiger partial charge is 0.465 e. The van der Waals surface area contributed by atoms with Gasteiger partial charge in [-0.05, 0) is 19.3 Å². The minimum Gasteiger partial charge on any atom is -0.465 e. The van der Waals surface area contributed by atoms with Gasteiger partial charge in [0.1, 0.15) is 0 Å². The summed E-state index contributed by atoms with van der Waals surface area (Å²) < 4.78 is 17.0. The summed E-state index contributed by atoms with van der Waals surface area (Å²) in [5.41, 5.74) is 0. The fourth-order valence-electron chi connectivity index (χ4n) is 2.84. The Kier molecular flexibility index (Phi) is 11.9. The fourth-order valence-corrected chi connectivity index (χ4v) is 4.07. The molecule has 0 aromatic heterocycles. The second-order valence-electron chi connectivity index (χ2n) is 6.29. The number of esters is 1. The molecule has 0 aliphatic carbocycles. The zero-order valence-electron chi connectivity index (χ0n) is 15.1. The Balaban J connectivity index is 4.13. The van der Waals surface area contributed by atoms with E-state index in [1.807, 2.05) is 6.92 Å². The molecule has 0 aromatic carbocycles. The van der Waals surface area contributed by atoms with Crippen LogP contribution in [-0.4, -0.2) is 27.5 Å². The third kappa shape index (κ3) is 7.82. The topological polar surface area (TPSA) is 83.8 Å². The summed E-state index contributed by atoms with van der Waals surface area (Å²) in [4.78, 5) is 31.4. The molecule has 6 heteroatoms. The van der Waals surface area contributed by atoms with Crippen LogP contribution in [0.25, 0.3) is 0 Å². The van der Waals surface area contributed by atoms with Crippen molar-refractivity contribution >= 4 is 13.6 Å². The lowest BCUT2D eigenvalue weighted by Gasteiger charge is -2.30. The Bertz CT molecular complexity index is 366. The van der Waals surface area contributed by atoms with Crippen molar-refractivity contribution in [2.45, 2.75) is 96.6 Å². The molecule has 0 heterocycles. The van der Waals surface area contributed by atoms with E-state index in [1.54, 1.807) is 6.92 Å². The van der Waals surface area contributed by atoms with Crippen LogP contribution in [-0.2, 0) is 14.1 Å². The smallest absolute Gasteiger partial charge is 0.342 e. The van der Waals surface area contributed by atoms with Crippen LogP contribution < -0.4 is 0 Å². The van der Waals surface area contributed by atoms with Gasteiger partial charge < -0.3 is 14.5 Å². The second kappa shape index (κ2) is 12.0. The predicted octanol–water partition coefficient (Wildman–Crippen LogP) is 4.80. The SMILES string of the molecule is CCCCCCCCCCOC(=O)C(CC)(CCC)P(=O)(O)O. The number of carbonyl (C=O) groups excluding carboxylic acids is 1. The van der Waals surface area contributed by atoms with Crippen molar-refractivity contribution in [3.05, 3.63) is 0 Å². The molecule has 0 radical (unpaired) electrons. The summed E-state index contributed by atoms with van der Waals surface area (Å²) in [5, 5.41) is -1.66. The molecular formula is C17H35O5P. The van der Waals surface area contributed by atoms with Gasteiger partial charge in [-0.15, -0.1) is 0 Å². The maximum Gasteiger partial charge on any atom is 0.342 e. The van der Waals surface area contributed by atoms with Gasteiger partial charge in [0.05, 0.1) is 6.61 Å². The quantitative estimate of drug-likeness (QED) is 0.267. The Labute approximate surface area is 141 Å². The van der Waals surface area contributed by atoms with Crippen LogP contribution in [0.2, 0.25) is 0 Å². The Morgan fingerprint density at radius 1 is 0.913 bits per heavy atom. The van der Waals surface area contributed by atoms with Gasteiger partial charge in [-0.2, -0.15) is 0 Å². The summed E-state index contributed by atoms with van der Waals surface area (Å²) in [5.74, 6) is -0.738. The van der Waals surface area contributed by atoms with Gasteiger partial charge in [0.15, 0.2) is 5.16 Å². The van der Waals surface area contributed by atoms with Crippen molar-refractivity contribution in [2.75, 3.05) is 6.61 Å². The van der Waals surface area contributed by atoms with Gasteiger partial charge >= 0.3 is 13.6 Å². The van der Waals surface area contributed by atoms with Crippen molar-refractivity contribution in [1.82, 2.24) is 0 Å². The second-order valence-corrected chi connectivity index (χ2v) is 8.23. The van der Waals surface area contributed by atoms with E-state index in [0.717, 1.165) is 19.3 Å². The monoisotopic (exact) mass is 350 g/mol. The number of hydrogen-bond donors (Lipinski definition) is 2. The average Bonchev–Trinajstić information content (AvgIpc) is 2.49. The molecule has 0 bridgehead atoms. The number of unbranched alkanes of at least 4 members (excludes halogenated alkanes) is 7. The first-order valence-corrected chi connectivity index (χ1v) is 10.7. The first-order valence-electron chi connectivity index (χ1n) is 9.08. The van der Waals surface area contributed by atoms with E-state index >= 15 is 0 Å². The molecule has 0 saturated heterocycles. The molecule has 1 atom stereocenters. The molecule has 23 heavy (non-hydrogen) atoms. The lowest BCUT2D eigenvalue weighted by atomic mass is 10.00. The van der Waals surface area contributed by atoms with E-state index in [-0.39, 0.29) is 19.4 Å². The van der Waals surface area contributed by atoms with Crippen molar-refractivity contribution in [3.63, 3.8) is 0 Å². The molecule has 138 valence electrons. The van der Waals surface area contributed by atoms with Gasteiger partial charge in [-0.3, -0.25) is 9.36 Å². The van der Waals surface area contributed by atoms with Gasteiger partial charge in [-0.25, -0.2) is 0 Å². The Morgan fingerprint density at radius 2 is 1.43 bits per heavy atom. The molecule has 1 unspecified atom stereocenters. The van der Waals surface area contributed by atoms with Crippen LogP contribution in [0, 0.1) is 0 Å². The van der Waals surface area contributed by atoms with E-state index in [9.17, 15) is 19.1 Å². The van der Waals surface area contributed by atoms with Crippen molar-refractivity contribution in [1.29, 1.82) is 0 Å². The highest BCUT2D eigenvalue weighted by Gasteiger charge is 2.52. The highest BCUT2D eigenvalue weighted by atomic mass is 31.2. The summed E-state index contributed by atoms with van der Waals surface area (Å²) in [6.45, 7) is 5.89. The maximum absolute atomic E-state index is 12.2. The van der Waals surface area contributed by atoms with Gasteiger partial charge in [0, 0.05) is 0 Å². The summed E-state index contributed by atoms with van der Waals surface area (Å²) >= 11 is 0. The standard InChI is InChI=1S/C17H35O5P/c1-4-7-8-9-10-11-12-13-15-22-16(18)17(6-3,14-5-2)23(19,20)21/h4-15H2,1-3H3,(H2,19,20,21). The van der Waals surface area contributed by atoms with Gasteiger partial charge in [0.2, 0.25) is 0 Å². The zero-order valence-corrected chi connectivity index (χ0v) is 15.9. The molecule has 0 saturated carbocycles. The van der Waals surface area contributed by atoms with Crippen LogP contribution in [0.3, 0.4) is 0 Å². The molecule has 0 rings (SSSR count). The van der Waals surface area contributed by atoms with Crippen molar-refractivity contribution in [3.8, 4) is 0 Å². The van der Waals surface area contributed by atoms with Crippen molar-refractivity contribution < 1.29 is 23.9 Å².